The number of amides is 2. The number of aromatic nitrogens is 3. The Morgan fingerprint density at radius 1 is 1.08 bits per heavy atom. The highest BCUT2D eigenvalue weighted by Gasteiger charge is 2.42. The van der Waals surface area contributed by atoms with Gasteiger partial charge in [0, 0.05) is 43.6 Å². The molecule has 3 aromatic rings. The van der Waals surface area contributed by atoms with Gasteiger partial charge in [-0.2, -0.15) is 4.98 Å². The van der Waals surface area contributed by atoms with Gasteiger partial charge in [-0.05, 0) is 35.9 Å². The summed E-state index contributed by atoms with van der Waals surface area (Å²) in [6.07, 6.45) is 4.55. The molecule has 0 radical (unpaired) electrons. The molecule has 1 unspecified atom stereocenters. The molecule has 0 saturated carbocycles. The van der Waals surface area contributed by atoms with Crippen molar-refractivity contribution in [2.24, 2.45) is 0 Å². The van der Waals surface area contributed by atoms with Gasteiger partial charge in [0.2, 0.25) is 5.95 Å². The van der Waals surface area contributed by atoms with E-state index in [0.717, 1.165) is 5.56 Å². The maximum atomic E-state index is 13.7. The van der Waals surface area contributed by atoms with Gasteiger partial charge >= 0.3 is 0 Å². The zero-order valence-corrected chi connectivity index (χ0v) is 20.6. The number of hydrogen-bond acceptors (Lipinski definition) is 5. The maximum absolute atomic E-state index is 13.7. The third kappa shape index (κ3) is 5.70. The molecule has 2 N–H and O–H groups in total. The van der Waals surface area contributed by atoms with Crippen LogP contribution in [0.4, 0.5) is 14.7 Å². The maximum Gasteiger partial charge on any atom is 0.252 e. The van der Waals surface area contributed by atoms with E-state index < -0.39 is 29.3 Å². The molecule has 2 heterocycles. The molecule has 0 spiro atoms. The Morgan fingerprint density at radius 3 is 2.50 bits per heavy atom. The van der Waals surface area contributed by atoms with Gasteiger partial charge in [-0.25, -0.2) is 13.5 Å². The van der Waals surface area contributed by atoms with E-state index in [-0.39, 0.29) is 44.0 Å². The number of hydrogen-bond donors (Lipinski definition) is 2. The van der Waals surface area contributed by atoms with Crippen LogP contribution in [0.15, 0.2) is 72.8 Å². The number of anilines is 1. The number of carbonyl (C=O) groups excluding carboxylic acids is 2. The van der Waals surface area contributed by atoms with Crippen molar-refractivity contribution < 1.29 is 23.1 Å². The molecule has 2 amide bonds. The second-order valence-corrected chi connectivity index (χ2v) is 9.28. The zero-order valence-electron chi connectivity index (χ0n) is 20.6. The molecular formula is C28H27F2N5O3. The first-order chi connectivity index (χ1) is 18.4. The summed E-state index contributed by atoms with van der Waals surface area (Å²) in [6, 6.07) is 14.8. The first kappa shape index (κ1) is 25.5. The third-order valence-corrected chi connectivity index (χ3v) is 6.62. The number of alkyl halides is 1. The average molecular weight is 520 g/mol. The van der Waals surface area contributed by atoms with Crippen molar-refractivity contribution in [3.63, 3.8) is 0 Å². The lowest BCUT2D eigenvalue weighted by atomic mass is 9.88. The van der Waals surface area contributed by atoms with E-state index in [9.17, 15) is 18.4 Å². The van der Waals surface area contributed by atoms with Crippen LogP contribution in [0, 0.1) is 5.82 Å². The number of benzene rings is 2. The molecule has 196 valence electrons. The molecule has 1 aromatic heterocycles. The molecule has 0 bridgehead atoms. The summed E-state index contributed by atoms with van der Waals surface area (Å²) in [4.78, 5) is 31.1. The van der Waals surface area contributed by atoms with Crippen molar-refractivity contribution in [2.75, 3.05) is 18.5 Å². The summed E-state index contributed by atoms with van der Waals surface area (Å²) < 4.78 is 34.1. The number of carbonyl (C=O) groups is 2. The Kier molecular flexibility index (Phi) is 7.41. The normalized spacial score (nSPS) is 18.5. The van der Waals surface area contributed by atoms with Crippen LogP contribution in [0.3, 0.4) is 0 Å². The van der Waals surface area contributed by atoms with Crippen LogP contribution in [-0.2, 0) is 16.1 Å². The number of nitrogens with zero attached hydrogens (tertiary/aromatic N) is 3. The van der Waals surface area contributed by atoms with Crippen molar-refractivity contribution in [1.29, 1.82) is 0 Å². The highest BCUT2D eigenvalue weighted by Crippen LogP contribution is 2.26. The SMILES string of the molecule is O=C(NC1(C(=O)Nc2nc(C3=CCC(F)C=C3)n(Cc3ccccc3)n2)CCOCC1)c1ccc(F)cc1. The van der Waals surface area contributed by atoms with Crippen molar-refractivity contribution in [1.82, 2.24) is 20.1 Å². The lowest BCUT2D eigenvalue weighted by molar-refractivity contribution is -0.125. The lowest BCUT2D eigenvalue weighted by Crippen LogP contribution is -2.59. The molecule has 2 aromatic carbocycles. The molecule has 38 heavy (non-hydrogen) atoms. The highest BCUT2D eigenvalue weighted by atomic mass is 19.1. The first-order valence-corrected chi connectivity index (χ1v) is 12.4. The smallest absolute Gasteiger partial charge is 0.252 e. The summed E-state index contributed by atoms with van der Waals surface area (Å²) in [5.74, 6) is -0.874. The van der Waals surface area contributed by atoms with Crippen LogP contribution in [0.2, 0.25) is 0 Å². The minimum Gasteiger partial charge on any atom is -0.381 e. The number of nitrogens with one attached hydrogen (secondary N) is 2. The average Bonchev–Trinajstić information content (AvgIpc) is 3.32. The van der Waals surface area contributed by atoms with E-state index in [1.54, 1.807) is 16.8 Å². The number of allylic oxidation sites excluding steroid dienone is 4. The molecule has 1 aliphatic heterocycles. The fraction of sp³-hybridized carbons (Fsp3) is 0.286. The molecule has 1 saturated heterocycles. The monoisotopic (exact) mass is 519 g/mol. The quantitative estimate of drug-likeness (QED) is 0.491. The largest absolute Gasteiger partial charge is 0.381 e. The predicted octanol–water partition coefficient (Wildman–Crippen LogP) is 4.06. The van der Waals surface area contributed by atoms with E-state index >= 15 is 0 Å². The lowest BCUT2D eigenvalue weighted by Gasteiger charge is -2.36. The Balaban J connectivity index is 1.41. The zero-order chi connectivity index (χ0) is 26.5. The van der Waals surface area contributed by atoms with E-state index in [2.05, 4.69) is 20.7 Å². The molecule has 1 fully saturated rings. The van der Waals surface area contributed by atoms with Crippen LogP contribution in [0.25, 0.3) is 5.57 Å². The molecule has 1 atom stereocenters. The predicted molar refractivity (Wildman–Crippen MR) is 137 cm³/mol. The fourth-order valence-electron chi connectivity index (χ4n) is 4.48. The Morgan fingerprint density at radius 2 is 1.82 bits per heavy atom. The number of halogens is 2. The van der Waals surface area contributed by atoms with Gasteiger partial charge in [0.25, 0.3) is 11.8 Å². The van der Waals surface area contributed by atoms with E-state index in [0.29, 0.717) is 17.9 Å². The van der Waals surface area contributed by atoms with Gasteiger partial charge in [-0.3, -0.25) is 14.9 Å². The fourth-order valence-corrected chi connectivity index (χ4v) is 4.48. The van der Waals surface area contributed by atoms with Crippen LogP contribution in [0.5, 0.6) is 0 Å². The van der Waals surface area contributed by atoms with Crippen LogP contribution in [-0.4, -0.2) is 51.5 Å². The number of rotatable bonds is 7. The van der Waals surface area contributed by atoms with Gasteiger partial charge in [0.15, 0.2) is 5.82 Å². The van der Waals surface area contributed by atoms with E-state index in [1.165, 1.54) is 30.3 Å². The van der Waals surface area contributed by atoms with Gasteiger partial charge < -0.3 is 10.1 Å². The van der Waals surface area contributed by atoms with Gasteiger partial charge in [0.1, 0.15) is 17.5 Å². The van der Waals surface area contributed by atoms with Crippen LogP contribution < -0.4 is 10.6 Å². The Bertz CT molecular complexity index is 1360. The summed E-state index contributed by atoms with van der Waals surface area (Å²) in [5, 5.41) is 10.1. The van der Waals surface area contributed by atoms with Crippen LogP contribution >= 0.6 is 0 Å². The molecular weight excluding hydrogens is 492 g/mol. The topological polar surface area (TPSA) is 98.1 Å². The van der Waals surface area contributed by atoms with E-state index in [1.807, 2.05) is 30.3 Å². The molecule has 10 heteroatoms. The molecule has 1 aliphatic carbocycles. The van der Waals surface area contributed by atoms with Crippen molar-refractivity contribution >= 4 is 23.3 Å². The molecule has 8 nitrogen and oxygen atoms in total. The third-order valence-electron chi connectivity index (χ3n) is 6.62. The minimum absolute atomic E-state index is 0.0690. The summed E-state index contributed by atoms with van der Waals surface area (Å²) in [6.45, 7) is 0.949. The van der Waals surface area contributed by atoms with Gasteiger partial charge in [-0.15, -0.1) is 5.10 Å². The standard InChI is InChI=1S/C28H27F2N5O3/c29-22-10-6-20(7-11-22)24-31-27(34-35(24)18-19-4-2-1-3-5-19)32-26(37)28(14-16-38-17-15-28)33-25(36)21-8-12-23(30)13-9-21/h1-10,12-13,22H,11,14-18H2,(H,33,36)(H,32,34,37). The van der Waals surface area contributed by atoms with Crippen LogP contribution in [0.1, 0.15) is 41.0 Å². The number of ether oxygens (including phenoxy) is 1. The second kappa shape index (κ2) is 11.1. The Labute approximate surface area is 218 Å². The highest BCUT2D eigenvalue weighted by molar-refractivity contribution is 6.03. The minimum atomic E-state index is -1.26. The second-order valence-electron chi connectivity index (χ2n) is 9.28. The van der Waals surface area contributed by atoms with Crippen molar-refractivity contribution in [3.05, 3.63) is 95.6 Å². The molecule has 2 aliphatic rings. The summed E-state index contributed by atoms with van der Waals surface area (Å²) >= 11 is 0. The van der Waals surface area contributed by atoms with Gasteiger partial charge in [-0.1, -0.05) is 42.5 Å². The van der Waals surface area contributed by atoms with Crippen molar-refractivity contribution in [2.45, 2.75) is 37.5 Å². The van der Waals surface area contributed by atoms with E-state index in [4.69, 9.17) is 4.74 Å². The first-order valence-electron chi connectivity index (χ1n) is 12.4. The Hall–Kier alpha value is -4.18. The van der Waals surface area contributed by atoms with Crippen molar-refractivity contribution in [3.8, 4) is 0 Å². The summed E-state index contributed by atoms with van der Waals surface area (Å²) in [7, 11) is 0. The summed E-state index contributed by atoms with van der Waals surface area (Å²) in [5.41, 5.74) is 0.654. The molecule has 5 rings (SSSR count). The van der Waals surface area contributed by atoms with Gasteiger partial charge in [0.05, 0.1) is 6.54 Å².